The molecule has 1 saturated heterocycles. The molecule has 6 heteroatoms. The number of hydrogen-bond acceptors (Lipinski definition) is 2. The fourth-order valence-electron chi connectivity index (χ4n) is 0.780. The number of hydrogen-bond donors (Lipinski definition) is 2. The van der Waals surface area contributed by atoms with Gasteiger partial charge in [0, 0.05) is 0 Å². The van der Waals surface area contributed by atoms with Gasteiger partial charge in [0.25, 0.3) is 0 Å². The topological polar surface area (TPSA) is 49.3 Å². The molecule has 0 saturated carbocycles. The van der Waals surface area contributed by atoms with Crippen molar-refractivity contribution in [1.82, 2.24) is 5.32 Å². The van der Waals surface area contributed by atoms with Crippen LogP contribution in [0.3, 0.4) is 0 Å². The molecule has 1 aliphatic heterocycles. The minimum Gasteiger partial charge on any atom is -0.475 e. The molecular weight excluding hydrogens is 199 g/mol. The van der Waals surface area contributed by atoms with Crippen LogP contribution in [0.25, 0.3) is 0 Å². The maximum Gasteiger partial charge on any atom is 0.490 e. The van der Waals surface area contributed by atoms with E-state index in [0.29, 0.717) is 0 Å². The Morgan fingerprint density at radius 2 is 1.71 bits per heavy atom. The summed E-state index contributed by atoms with van der Waals surface area (Å²) in [5.74, 6) is -2.76. The highest BCUT2D eigenvalue weighted by molar-refractivity contribution is 5.73. The fraction of sp³-hybridized carbons (Fsp3) is 0.625. The first-order chi connectivity index (χ1) is 6.34. The zero-order valence-corrected chi connectivity index (χ0v) is 7.52. The van der Waals surface area contributed by atoms with E-state index >= 15 is 0 Å². The average molecular weight is 211 g/mol. The molecule has 3 nitrogen and oxygen atoms in total. The highest BCUT2D eigenvalue weighted by Crippen LogP contribution is 2.13. The summed E-state index contributed by atoms with van der Waals surface area (Å²) in [6.45, 7) is 6.15. The van der Waals surface area contributed by atoms with Gasteiger partial charge in [0.1, 0.15) is 0 Å². The van der Waals surface area contributed by atoms with Crippen molar-refractivity contribution in [2.75, 3.05) is 13.1 Å². The Morgan fingerprint density at radius 1 is 1.36 bits per heavy atom. The van der Waals surface area contributed by atoms with Crippen LogP contribution in [0.4, 0.5) is 13.2 Å². The number of rotatable bonds is 0. The number of nitrogens with one attached hydrogen (secondary N) is 1. The number of alkyl halides is 3. The minimum atomic E-state index is -5.08. The number of carboxylic acid groups (broad SMARTS) is 1. The predicted molar refractivity (Wildman–Crippen MR) is 44.9 cm³/mol. The Hall–Kier alpha value is -1.04. The van der Waals surface area contributed by atoms with Crippen LogP contribution in [0.2, 0.25) is 0 Å². The maximum atomic E-state index is 10.6. The molecule has 2 N–H and O–H groups in total. The summed E-state index contributed by atoms with van der Waals surface area (Å²) in [7, 11) is 0. The molecule has 0 unspecified atom stereocenters. The van der Waals surface area contributed by atoms with Crippen molar-refractivity contribution in [3.05, 3.63) is 12.2 Å². The Morgan fingerprint density at radius 3 is 1.86 bits per heavy atom. The monoisotopic (exact) mass is 211 g/mol. The third kappa shape index (κ3) is 6.47. The smallest absolute Gasteiger partial charge is 0.475 e. The quantitative estimate of drug-likeness (QED) is 0.598. The van der Waals surface area contributed by atoms with Gasteiger partial charge in [0.15, 0.2) is 0 Å². The molecule has 0 aromatic carbocycles. The molecule has 0 bridgehead atoms. The fourth-order valence-corrected chi connectivity index (χ4v) is 0.780. The van der Waals surface area contributed by atoms with E-state index in [1.807, 2.05) is 0 Å². The number of carboxylic acids is 1. The first-order valence-electron chi connectivity index (χ1n) is 4.01. The molecule has 0 atom stereocenters. The molecule has 1 fully saturated rings. The van der Waals surface area contributed by atoms with Crippen LogP contribution < -0.4 is 5.32 Å². The van der Waals surface area contributed by atoms with Crippen LogP contribution in [-0.2, 0) is 4.79 Å². The van der Waals surface area contributed by atoms with Crippen molar-refractivity contribution in [3.8, 4) is 0 Å². The standard InChI is InChI=1S/C6H11N.C2HF3O2/c1-6-2-4-7-5-3-6;3-2(4,5)1(6)7/h7H,1-5H2;(H,6,7). The summed E-state index contributed by atoms with van der Waals surface area (Å²) in [5, 5.41) is 10.4. The van der Waals surface area contributed by atoms with Crippen molar-refractivity contribution in [2.45, 2.75) is 19.0 Å². The van der Waals surface area contributed by atoms with Gasteiger partial charge in [-0.2, -0.15) is 13.2 Å². The van der Waals surface area contributed by atoms with Gasteiger partial charge in [0.05, 0.1) is 0 Å². The number of aliphatic carboxylic acids is 1. The first-order valence-corrected chi connectivity index (χ1v) is 4.01. The van der Waals surface area contributed by atoms with Gasteiger partial charge >= 0.3 is 12.1 Å². The Bertz CT molecular complexity index is 205. The van der Waals surface area contributed by atoms with Gasteiger partial charge in [-0.25, -0.2) is 4.79 Å². The molecule has 0 amide bonds. The van der Waals surface area contributed by atoms with Crippen LogP contribution in [0.5, 0.6) is 0 Å². The molecule has 0 aromatic heterocycles. The van der Waals surface area contributed by atoms with E-state index in [1.54, 1.807) is 0 Å². The summed E-state index contributed by atoms with van der Waals surface area (Å²) < 4.78 is 31.7. The van der Waals surface area contributed by atoms with E-state index in [-0.39, 0.29) is 0 Å². The van der Waals surface area contributed by atoms with Gasteiger partial charge in [-0.05, 0) is 25.9 Å². The first kappa shape index (κ1) is 13.0. The van der Waals surface area contributed by atoms with E-state index in [9.17, 15) is 13.2 Å². The molecular formula is C8H12F3NO2. The van der Waals surface area contributed by atoms with Crippen LogP contribution in [0, 0.1) is 0 Å². The maximum absolute atomic E-state index is 10.6. The molecule has 1 aliphatic rings. The Labute approximate surface area is 79.6 Å². The van der Waals surface area contributed by atoms with E-state index in [2.05, 4.69) is 11.9 Å². The van der Waals surface area contributed by atoms with Crippen molar-refractivity contribution in [3.63, 3.8) is 0 Å². The zero-order chi connectivity index (χ0) is 11.2. The van der Waals surface area contributed by atoms with E-state index in [4.69, 9.17) is 9.90 Å². The van der Waals surface area contributed by atoms with Gasteiger partial charge in [-0.3, -0.25) is 0 Å². The summed E-state index contributed by atoms with van der Waals surface area (Å²) in [6, 6.07) is 0. The predicted octanol–water partition coefficient (Wildman–Crippen LogP) is 1.56. The summed E-state index contributed by atoms with van der Waals surface area (Å²) in [6.07, 6.45) is -2.72. The van der Waals surface area contributed by atoms with E-state index in [0.717, 1.165) is 13.1 Å². The lowest BCUT2D eigenvalue weighted by atomic mass is 10.1. The second-order valence-electron chi connectivity index (χ2n) is 2.80. The van der Waals surface area contributed by atoms with Gasteiger partial charge in [-0.15, -0.1) is 0 Å². The highest BCUT2D eigenvalue weighted by atomic mass is 19.4. The van der Waals surface area contributed by atoms with Gasteiger partial charge < -0.3 is 10.4 Å². The highest BCUT2D eigenvalue weighted by Gasteiger charge is 2.38. The largest absolute Gasteiger partial charge is 0.490 e. The minimum absolute atomic E-state index is 1.14. The molecule has 1 rings (SSSR count). The van der Waals surface area contributed by atoms with Crippen LogP contribution >= 0.6 is 0 Å². The van der Waals surface area contributed by atoms with Crippen molar-refractivity contribution < 1.29 is 23.1 Å². The van der Waals surface area contributed by atoms with Crippen molar-refractivity contribution in [1.29, 1.82) is 0 Å². The van der Waals surface area contributed by atoms with Crippen molar-refractivity contribution in [2.24, 2.45) is 0 Å². The Balaban J connectivity index is 0.000000241. The van der Waals surface area contributed by atoms with Crippen LogP contribution in [0.15, 0.2) is 12.2 Å². The van der Waals surface area contributed by atoms with Gasteiger partial charge in [0.2, 0.25) is 0 Å². The summed E-state index contributed by atoms with van der Waals surface area (Å²) in [4.78, 5) is 8.90. The molecule has 82 valence electrons. The van der Waals surface area contributed by atoms with Crippen LogP contribution in [0.1, 0.15) is 12.8 Å². The molecule has 0 spiro atoms. The van der Waals surface area contributed by atoms with Crippen LogP contribution in [-0.4, -0.2) is 30.3 Å². The van der Waals surface area contributed by atoms with Crippen molar-refractivity contribution >= 4 is 5.97 Å². The lowest BCUT2D eigenvalue weighted by Crippen LogP contribution is -2.22. The number of piperidine rings is 1. The second kappa shape index (κ2) is 5.64. The summed E-state index contributed by atoms with van der Waals surface area (Å²) in [5.41, 5.74) is 1.40. The zero-order valence-electron chi connectivity index (χ0n) is 7.52. The molecule has 0 aliphatic carbocycles. The SMILES string of the molecule is C=C1CCNCC1.O=C(O)C(F)(F)F. The molecule has 14 heavy (non-hydrogen) atoms. The lowest BCUT2D eigenvalue weighted by Gasteiger charge is -2.12. The lowest BCUT2D eigenvalue weighted by molar-refractivity contribution is -0.192. The third-order valence-electron chi connectivity index (χ3n) is 1.55. The number of halogens is 3. The molecule has 0 radical (unpaired) electrons. The van der Waals surface area contributed by atoms with E-state index < -0.39 is 12.1 Å². The average Bonchev–Trinajstić information content (AvgIpc) is 2.04. The molecule has 1 heterocycles. The number of carbonyl (C=O) groups is 1. The normalized spacial score (nSPS) is 16.9. The summed E-state index contributed by atoms with van der Waals surface area (Å²) >= 11 is 0. The van der Waals surface area contributed by atoms with Gasteiger partial charge in [-0.1, -0.05) is 12.2 Å². The third-order valence-corrected chi connectivity index (χ3v) is 1.55. The Kier molecular flexibility index (Phi) is 5.22. The second-order valence-corrected chi connectivity index (χ2v) is 2.80. The molecule has 0 aromatic rings. The van der Waals surface area contributed by atoms with E-state index in [1.165, 1.54) is 18.4 Å².